The number of halogens is 1. The predicted octanol–water partition coefficient (Wildman–Crippen LogP) is 3.23. The minimum absolute atomic E-state index is 0.0145. The zero-order valence-corrected chi connectivity index (χ0v) is 20.4. The maximum atomic E-state index is 14.0. The first-order chi connectivity index (χ1) is 17.9. The topological polar surface area (TPSA) is 129 Å². The Hall–Kier alpha value is -3.53. The molecular formula is C27H30FN5O4. The first-order valence-corrected chi connectivity index (χ1v) is 13.0. The van der Waals surface area contributed by atoms with Crippen LogP contribution in [-0.2, 0) is 4.79 Å². The Balaban J connectivity index is 1.15. The lowest BCUT2D eigenvalue weighted by atomic mass is 9.90. The number of nitrogens with zero attached hydrogens (tertiary/aromatic N) is 2. The van der Waals surface area contributed by atoms with Crippen molar-refractivity contribution in [2.75, 3.05) is 6.61 Å². The molecule has 6 rings (SSSR count). The molecule has 37 heavy (non-hydrogen) atoms. The number of aromatic amines is 1. The summed E-state index contributed by atoms with van der Waals surface area (Å²) in [6.07, 6.45) is 9.25. The van der Waals surface area contributed by atoms with Gasteiger partial charge in [0.2, 0.25) is 0 Å². The molecule has 3 saturated carbocycles. The molecule has 1 aromatic carbocycles. The van der Waals surface area contributed by atoms with Crippen LogP contribution in [0.5, 0.6) is 5.75 Å². The zero-order valence-electron chi connectivity index (χ0n) is 20.4. The fourth-order valence-electron chi connectivity index (χ4n) is 4.93. The molecule has 0 unspecified atom stereocenters. The molecule has 0 spiro atoms. The molecular weight excluding hydrogens is 477 g/mol. The Labute approximate surface area is 213 Å². The zero-order chi connectivity index (χ0) is 25.6. The second kappa shape index (κ2) is 9.41. The number of fused-ring (bicyclic) bond motifs is 1. The van der Waals surface area contributed by atoms with Crippen LogP contribution in [0, 0.1) is 11.7 Å². The van der Waals surface area contributed by atoms with Gasteiger partial charge in [-0.25, -0.2) is 14.4 Å². The Morgan fingerprint density at radius 2 is 1.81 bits per heavy atom. The number of H-pyrrole nitrogens is 1. The van der Waals surface area contributed by atoms with Gasteiger partial charge < -0.3 is 25.5 Å². The lowest BCUT2D eigenvalue weighted by Gasteiger charge is -2.30. The van der Waals surface area contributed by atoms with Crippen molar-refractivity contribution in [2.24, 2.45) is 5.92 Å². The predicted molar refractivity (Wildman–Crippen MR) is 133 cm³/mol. The van der Waals surface area contributed by atoms with Crippen molar-refractivity contribution in [3.05, 3.63) is 42.1 Å². The van der Waals surface area contributed by atoms with Crippen LogP contribution in [0.2, 0.25) is 0 Å². The summed E-state index contributed by atoms with van der Waals surface area (Å²) in [5.41, 5.74) is 1.49. The lowest BCUT2D eigenvalue weighted by molar-refractivity contribution is -0.132. The molecule has 3 fully saturated rings. The summed E-state index contributed by atoms with van der Waals surface area (Å²) in [5, 5.41) is 16.0. The number of rotatable bonds is 8. The summed E-state index contributed by atoms with van der Waals surface area (Å²) in [7, 11) is 0. The molecule has 2 amide bonds. The van der Waals surface area contributed by atoms with Crippen LogP contribution in [0.15, 0.2) is 30.7 Å². The molecule has 0 aliphatic heterocycles. The van der Waals surface area contributed by atoms with Crippen LogP contribution in [-0.4, -0.2) is 56.2 Å². The number of aliphatic hydroxyl groups is 1. The standard InChI is InChI=1S/C27H30FN5O4/c28-16-3-8-19(21(11-16)37-13-15-1-2-15)22-24-23(31-14-30-22)20(12-29-24)25(34)32-17-4-6-18(7-5-17)33-26(35)27(36)9-10-27/h3,8,11-12,14-15,17-18,29,36H,1-2,4-7,9-10,13H2,(H,32,34)(H,33,35)/t17-,18+. The van der Waals surface area contributed by atoms with E-state index < -0.39 is 5.60 Å². The van der Waals surface area contributed by atoms with Crippen LogP contribution in [0.3, 0.4) is 0 Å². The number of nitrogens with one attached hydrogen (secondary N) is 3. The van der Waals surface area contributed by atoms with E-state index in [0.29, 0.717) is 59.0 Å². The molecule has 10 heteroatoms. The highest BCUT2D eigenvalue weighted by molar-refractivity contribution is 6.07. The maximum Gasteiger partial charge on any atom is 0.255 e. The molecule has 3 aliphatic rings. The third-order valence-corrected chi connectivity index (χ3v) is 7.62. The van der Waals surface area contributed by atoms with Gasteiger partial charge in [-0.3, -0.25) is 9.59 Å². The van der Waals surface area contributed by atoms with Crippen molar-refractivity contribution >= 4 is 22.8 Å². The number of ether oxygens (including phenoxy) is 1. The minimum Gasteiger partial charge on any atom is -0.492 e. The molecule has 4 N–H and O–H groups in total. The molecule has 2 heterocycles. The van der Waals surface area contributed by atoms with E-state index >= 15 is 0 Å². The van der Waals surface area contributed by atoms with Crippen LogP contribution in [0.25, 0.3) is 22.3 Å². The third-order valence-electron chi connectivity index (χ3n) is 7.62. The molecule has 2 aromatic heterocycles. The van der Waals surface area contributed by atoms with Crippen LogP contribution in [0.1, 0.15) is 61.7 Å². The first-order valence-electron chi connectivity index (χ1n) is 13.0. The number of carbonyl (C=O) groups is 2. The molecule has 9 nitrogen and oxygen atoms in total. The van der Waals surface area contributed by atoms with E-state index in [4.69, 9.17) is 4.74 Å². The molecule has 0 atom stereocenters. The first kappa shape index (κ1) is 23.8. The van der Waals surface area contributed by atoms with Crippen molar-refractivity contribution in [1.82, 2.24) is 25.6 Å². The van der Waals surface area contributed by atoms with Gasteiger partial charge in [-0.05, 0) is 69.4 Å². The molecule has 0 bridgehead atoms. The Kier molecular flexibility index (Phi) is 6.06. The molecule has 0 saturated heterocycles. The number of aromatic nitrogens is 3. The second-order valence-corrected chi connectivity index (χ2v) is 10.6. The van der Waals surface area contributed by atoms with E-state index in [0.717, 1.165) is 38.5 Å². The summed E-state index contributed by atoms with van der Waals surface area (Å²) < 4.78 is 19.9. The van der Waals surface area contributed by atoms with Crippen LogP contribution >= 0.6 is 0 Å². The van der Waals surface area contributed by atoms with E-state index in [1.165, 1.54) is 18.5 Å². The van der Waals surface area contributed by atoms with Gasteiger partial charge in [-0.1, -0.05) is 0 Å². The lowest BCUT2D eigenvalue weighted by Crippen LogP contribution is -2.47. The van der Waals surface area contributed by atoms with E-state index in [9.17, 15) is 19.1 Å². The number of hydrogen-bond donors (Lipinski definition) is 4. The summed E-state index contributed by atoms with van der Waals surface area (Å²) in [5.74, 6) is 0.0314. The quantitative estimate of drug-likeness (QED) is 0.371. The third kappa shape index (κ3) is 5.02. The van der Waals surface area contributed by atoms with Gasteiger partial charge >= 0.3 is 0 Å². The Morgan fingerprint density at radius 1 is 1.08 bits per heavy atom. The molecule has 3 aromatic rings. The van der Waals surface area contributed by atoms with Gasteiger partial charge in [-0.15, -0.1) is 0 Å². The van der Waals surface area contributed by atoms with Gasteiger partial charge in [0.1, 0.15) is 34.7 Å². The Morgan fingerprint density at radius 3 is 2.51 bits per heavy atom. The number of carbonyl (C=O) groups excluding carboxylic acids is 2. The average molecular weight is 508 g/mol. The summed E-state index contributed by atoms with van der Waals surface area (Å²) in [6, 6.07) is 4.37. The maximum absolute atomic E-state index is 14.0. The van der Waals surface area contributed by atoms with Gasteiger partial charge in [0.05, 0.1) is 17.7 Å². The van der Waals surface area contributed by atoms with Crippen molar-refractivity contribution in [3.63, 3.8) is 0 Å². The summed E-state index contributed by atoms with van der Waals surface area (Å²) in [4.78, 5) is 37.2. The van der Waals surface area contributed by atoms with Crippen LogP contribution < -0.4 is 15.4 Å². The van der Waals surface area contributed by atoms with Gasteiger partial charge in [0.15, 0.2) is 0 Å². The van der Waals surface area contributed by atoms with Crippen LogP contribution in [0.4, 0.5) is 4.39 Å². The summed E-state index contributed by atoms with van der Waals surface area (Å²) >= 11 is 0. The van der Waals surface area contributed by atoms with Gasteiger partial charge in [0, 0.05) is 29.9 Å². The second-order valence-electron chi connectivity index (χ2n) is 10.6. The fraction of sp³-hybridized carbons (Fsp3) is 0.481. The highest BCUT2D eigenvalue weighted by Crippen LogP contribution is 2.37. The fourth-order valence-corrected chi connectivity index (χ4v) is 4.93. The van der Waals surface area contributed by atoms with Gasteiger partial charge in [-0.2, -0.15) is 0 Å². The Bertz CT molecular complexity index is 1340. The number of benzene rings is 1. The van der Waals surface area contributed by atoms with E-state index in [1.807, 2.05) is 0 Å². The molecule has 194 valence electrons. The molecule has 3 aliphatic carbocycles. The van der Waals surface area contributed by atoms with E-state index in [1.54, 1.807) is 12.3 Å². The normalized spacial score (nSPS) is 22.4. The molecule has 0 radical (unpaired) electrons. The number of hydrogen-bond acceptors (Lipinski definition) is 6. The largest absolute Gasteiger partial charge is 0.492 e. The van der Waals surface area contributed by atoms with Crippen molar-refractivity contribution < 1.29 is 23.8 Å². The van der Waals surface area contributed by atoms with Crippen molar-refractivity contribution in [1.29, 1.82) is 0 Å². The van der Waals surface area contributed by atoms with E-state index in [-0.39, 0.29) is 29.7 Å². The number of amides is 2. The van der Waals surface area contributed by atoms with E-state index in [2.05, 4.69) is 25.6 Å². The van der Waals surface area contributed by atoms with Crippen molar-refractivity contribution in [2.45, 2.75) is 69.1 Å². The van der Waals surface area contributed by atoms with Crippen molar-refractivity contribution in [3.8, 4) is 17.0 Å². The average Bonchev–Trinajstić information content (AvgIpc) is 3.82. The highest BCUT2D eigenvalue weighted by atomic mass is 19.1. The minimum atomic E-state index is -1.17. The summed E-state index contributed by atoms with van der Waals surface area (Å²) in [6.45, 7) is 0.538. The monoisotopic (exact) mass is 507 g/mol. The smallest absolute Gasteiger partial charge is 0.255 e. The highest BCUT2D eigenvalue weighted by Gasteiger charge is 2.48. The van der Waals surface area contributed by atoms with Gasteiger partial charge in [0.25, 0.3) is 11.8 Å². The SMILES string of the molecule is O=C(N[C@H]1CC[C@@H](NC(=O)C2(O)CC2)CC1)c1c[nH]c2c(-c3ccc(F)cc3OCC3CC3)ncnc12.